The first-order chi connectivity index (χ1) is 9.02. The lowest BCUT2D eigenvalue weighted by atomic mass is 10.1. The van der Waals surface area contributed by atoms with Crippen LogP contribution in [0.3, 0.4) is 0 Å². The summed E-state index contributed by atoms with van der Waals surface area (Å²) in [5.74, 6) is 0.133. The Morgan fingerprint density at radius 3 is 2.74 bits per heavy atom. The van der Waals surface area contributed by atoms with Crippen molar-refractivity contribution in [2.45, 2.75) is 19.9 Å². The molecule has 4 nitrogen and oxygen atoms in total. The standard InChI is InChI=1S/C15H23N3O/c1-11-5-6-14(16-3)13(9-11)15(19)18-8-7-17(4)10-12(18)2/h5-6,9,12,16H,7-8,10H2,1-4H3. The second-order valence-corrected chi connectivity index (χ2v) is 5.41. The minimum absolute atomic E-state index is 0.133. The van der Waals surface area contributed by atoms with Crippen LogP contribution in [0.15, 0.2) is 18.2 Å². The van der Waals surface area contributed by atoms with Gasteiger partial charge in [0.05, 0.1) is 5.56 Å². The second kappa shape index (κ2) is 5.61. The van der Waals surface area contributed by atoms with E-state index in [0.717, 1.165) is 36.4 Å². The predicted molar refractivity (Wildman–Crippen MR) is 78.7 cm³/mol. The number of anilines is 1. The lowest BCUT2D eigenvalue weighted by molar-refractivity contribution is 0.0534. The molecule has 19 heavy (non-hydrogen) atoms. The Kier molecular flexibility index (Phi) is 4.10. The molecule has 1 amide bonds. The van der Waals surface area contributed by atoms with Crippen molar-refractivity contribution in [1.29, 1.82) is 0 Å². The van der Waals surface area contributed by atoms with Gasteiger partial charge >= 0.3 is 0 Å². The SMILES string of the molecule is CNc1ccc(C)cc1C(=O)N1CCN(C)CC1C. The first-order valence-corrected chi connectivity index (χ1v) is 6.81. The molecule has 0 aliphatic carbocycles. The fourth-order valence-corrected chi connectivity index (χ4v) is 2.65. The third kappa shape index (κ3) is 2.89. The summed E-state index contributed by atoms with van der Waals surface area (Å²) in [4.78, 5) is 17.0. The summed E-state index contributed by atoms with van der Waals surface area (Å²) in [6.45, 7) is 6.81. The second-order valence-electron chi connectivity index (χ2n) is 5.41. The fraction of sp³-hybridized carbons (Fsp3) is 0.533. The Bertz CT molecular complexity index is 472. The van der Waals surface area contributed by atoms with Crippen molar-refractivity contribution in [3.8, 4) is 0 Å². The van der Waals surface area contributed by atoms with Crippen molar-refractivity contribution in [2.75, 3.05) is 39.0 Å². The number of nitrogens with zero attached hydrogens (tertiary/aromatic N) is 2. The summed E-state index contributed by atoms with van der Waals surface area (Å²) in [5.41, 5.74) is 2.80. The van der Waals surface area contributed by atoms with E-state index >= 15 is 0 Å². The van der Waals surface area contributed by atoms with Crippen LogP contribution in [-0.4, -0.2) is 55.5 Å². The van der Waals surface area contributed by atoms with E-state index in [-0.39, 0.29) is 11.9 Å². The number of likely N-dealkylation sites (N-methyl/N-ethyl adjacent to an activating group) is 1. The molecule has 0 bridgehead atoms. The predicted octanol–water partition coefficient (Wildman–Crippen LogP) is 1.81. The van der Waals surface area contributed by atoms with Gasteiger partial charge in [0.25, 0.3) is 5.91 Å². The number of benzene rings is 1. The van der Waals surface area contributed by atoms with E-state index in [1.54, 1.807) is 0 Å². The Morgan fingerprint density at radius 2 is 2.11 bits per heavy atom. The molecule has 2 rings (SSSR count). The maximum atomic E-state index is 12.7. The Hall–Kier alpha value is -1.55. The van der Waals surface area contributed by atoms with E-state index in [2.05, 4.69) is 24.2 Å². The smallest absolute Gasteiger partial charge is 0.256 e. The molecule has 1 aliphatic heterocycles. The number of nitrogens with one attached hydrogen (secondary N) is 1. The normalized spacial score (nSPS) is 20.4. The number of rotatable bonds is 2. The lowest BCUT2D eigenvalue weighted by Crippen LogP contribution is -2.52. The lowest BCUT2D eigenvalue weighted by Gasteiger charge is -2.38. The van der Waals surface area contributed by atoms with E-state index in [9.17, 15) is 4.79 Å². The van der Waals surface area contributed by atoms with Gasteiger partial charge in [0.2, 0.25) is 0 Å². The topological polar surface area (TPSA) is 35.6 Å². The molecule has 1 heterocycles. The number of aryl methyl sites for hydroxylation is 1. The highest BCUT2D eigenvalue weighted by Crippen LogP contribution is 2.21. The number of amides is 1. The summed E-state index contributed by atoms with van der Waals surface area (Å²) in [7, 11) is 3.96. The van der Waals surface area contributed by atoms with E-state index in [1.807, 2.05) is 37.1 Å². The van der Waals surface area contributed by atoms with Crippen LogP contribution in [0, 0.1) is 6.92 Å². The molecule has 1 N–H and O–H groups in total. The maximum absolute atomic E-state index is 12.7. The Morgan fingerprint density at radius 1 is 1.37 bits per heavy atom. The Balaban J connectivity index is 2.26. The highest BCUT2D eigenvalue weighted by molar-refractivity contribution is 6.00. The summed E-state index contributed by atoms with van der Waals surface area (Å²) in [5, 5.41) is 3.11. The van der Waals surface area contributed by atoms with Crippen molar-refractivity contribution in [2.24, 2.45) is 0 Å². The average Bonchev–Trinajstić information content (AvgIpc) is 2.38. The number of piperazine rings is 1. The third-order valence-electron chi connectivity index (χ3n) is 3.77. The molecule has 1 saturated heterocycles. The van der Waals surface area contributed by atoms with Gasteiger partial charge in [0.1, 0.15) is 0 Å². The fourth-order valence-electron chi connectivity index (χ4n) is 2.65. The van der Waals surface area contributed by atoms with Crippen LogP contribution in [-0.2, 0) is 0 Å². The van der Waals surface area contributed by atoms with Gasteiger partial charge < -0.3 is 15.1 Å². The zero-order valence-corrected chi connectivity index (χ0v) is 12.2. The van der Waals surface area contributed by atoms with E-state index < -0.39 is 0 Å². The third-order valence-corrected chi connectivity index (χ3v) is 3.77. The summed E-state index contributed by atoms with van der Waals surface area (Å²) < 4.78 is 0. The van der Waals surface area contributed by atoms with Crippen LogP contribution in [0.5, 0.6) is 0 Å². The molecule has 0 aromatic heterocycles. The number of hydrogen-bond donors (Lipinski definition) is 1. The minimum atomic E-state index is 0.133. The molecule has 0 spiro atoms. The first kappa shape index (κ1) is 13.9. The molecule has 4 heteroatoms. The van der Waals surface area contributed by atoms with Crippen molar-refractivity contribution in [3.05, 3.63) is 29.3 Å². The van der Waals surface area contributed by atoms with Crippen LogP contribution >= 0.6 is 0 Å². The quantitative estimate of drug-likeness (QED) is 0.882. The molecule has 0 radical (unpaired) electrons. The van der Waals surface area contributed by atoms with Gasteiger partial charge in [-0.2, -0.15) is 0 Å². The van der Waals surface area contributed by atoms with Gasteiger partial charge in [-0.1, -0.05) is 11.6 Å². The molecule has 1 atom stereocenters. The number of carbonyl (C=O) groups excluding carboxylic acids is 1. The number of hydrogen-bond acceptors (Lipinski definition) is 3. The number of carbonyl (C=O) groups is 1. The molecule has 0 saturated carbocycles. The van der Waals surface area contributed by atoms with Gasteiger partial charge in [-0.25, -0.2) is 0 Å². The highest BCUT2D eigenvalue weighted by Gasteiger charge is 2.27. The largest absolute Gasteiger partial charge is 0.387 e. The molecular weight excluding hydrogens is 238 g/mol. The average molecular weight is 261 g/mol. The molecule has 1 fully saturated rings. The molecule has 104 valence electrons. The van der Waals surface area contributed by atoms with Crippen molar-refractivity contribution >= 4 is 11.6 Å². The highest BCUT2D eigenvalue weighted by atomic mass is 16.2. The van der Waals surface area contributed by atoms with E-state index in [0.29, 0.717) is 0 Å². The van der Waals surface area contributed by atoms with Crippen LogP contribution in [0.1, 0.15) is 22.8 Å². The van der Waals surface area contributed by atoms with Crippen molar-refractivity contribution in [3.63, 3.8) is 0 Å². The van der Waals surface area contributed by atoms with Gasteiger partial charge in [0.15, 0.2) is 0 Å². The monoisotopic (exact) mass is 261 g/mol. The van der Waals surface area contributed by atoms with Gasteiger partial charge in [-0.3, -0.25) is 4.79 Å². The molecule has 1 aliphatic rings. The van der Waals surface area contributed by atoms with E-state index in [1.165, 1.54) is 0 Å². The van der Waals surface area contributed by atoms with Crippen molar-refractivity contribution in [1.82, 2.24) is 9.80 Å². The van der Waals surface area contributed by atoms with Crippen LogP contribution < -0.4 is 5.32 Å². The molecule has 1 aromatic rings. The zero-order chi connectivity index (χ0) is 14.0. The molecule has 1 aromatic carbocycles. The summed E-state index contributed by atoms with van der Waals surface area (Å²) >= 11 is 0. The summed E-state index contributed by atoms with van der Waals surface area (Å²) in [6, 6.07) is 6.23. The van der Waals surface area contributed by atoms with Crippen LogP contribution in [0.2, 0.25) is 0 Å². The Labute approximate surface area is 115 Å². The summed E-state index contributed by atoms with van der Waals surface area (Å²) in [6.07, 6.45) is 0. The first-order valence-electron chi connectivity index (χ1n) is 6.81. The minimum Gasteiger partial charge on any atom is -0.387 e. The van der Waals surface area contributed by atoms with Gasteiger partial charge in [-0.15, -0.1) is 0 Å². The van der Waals surface area contributed by atoms with Crippen molar-refractivity contribution < 1.29 is 4.79 Å². The van der Waals surface area contributed by atoms with Crippen LogP contribution in [0.25, 0.3) is 0 Å². The van der Waals surface area contributed by atoms with Crippen LogP contribution in [0.4, 0.5) is 5.69 Å². The maximum Gasteiger partial charge on any atom is 0.256 e. The zero-order valence-electron chi connectivity index (χ0n) is 12.2. The van der Waals surface area contributed by atoms with E-state index in [4.69, 9.17) is 0 Å². The molecule has 1 unspecified atom stereocenters. The van der Waals surface area contributed by atoms with Gasteiger partial charge in [-0.05, 0) is 33.0 Å². The molecular formula is C15H23N3O. The van der Waals surface area contributed by atoms with Gasteiger partial charge in [0, 0.05) is 38.4 Å².